The minimum absolute atomic E-state index is 0. The molecule has 0 fully saturated rings. The van der Waals surface area contributed by atoms with Crippen molar-refractivity contribution < 1.29 is 30.6 Å². The van der Waals surface area contributed by atoms with Gasteiger partial charge in [0.15, 0.2) is 0 Å². The second kappa shape index (κ2) is 18.1. The molecule has 0 radical (unpaired) electrons. The normalized spacial score (nSPS) is 12.5. The summed E-state index contributed by atoms with van der Waals surface area (Å²) in [6, 6.07) is 62.0. The third-order valence-corrected chi connectivity index (χ3v) is 14.8. The summed E-state index contributed by atoms with van der Waals surface area (Å²) in [6.45, 7) is 24.5. The molecule has 0 saturated carbocycles. The van der Waals surface area contributed by atoms with Crippen molar-refractivity contribution in [2.75, 3.05) is 0 Å². The van der Waals surface area contributed by atoms with E-state index in [9.17, 15) is 5.11 Å². The number of aromatic nitrogens is 3. The van der Waals surface area contributed by atoms with E-state index in [0.717, 1.165) is 99.6 Å². The van der Waals surface area contributed by atoms with Gasteiger partial charge in [-0.05, 0) is 80.3 Å². The Labute approximate surface area is 444 Å². The number of pyridine rings is 1. The van der Waals surface area contributed by atoms with Gasteiger partial charge in [0.25, 0.3) is 0 Å². The molecule has 0 aliphatic heterocycles. The number of nitrogens with zero attached hydrogens (tertiary/aromatic N) is 3. The number of rotatable bonds is 7. The second-order valence-electron chi connectivity index (χ2n) is 23.2. The van der Waals surface area contributed by atoms with Crippen molar-refractivity contribution in [3.63, 3.8) is 0 Å². The molecule has 0 atom stereocenters. The minimum Gasteiger partial charge on any atom is -0.507 e. The largest absolute Gasteiger partial charge is 0.507 e. The number of aromatic hydroxyl groups is 1. The van der Waals surface area contributed by atoms with Crippen molar-refractivity contribution in [1.82, 2.24) is 14.5 Å². The average Bonchev–Trinajstić information content (AvgIpc) is 3.94. The van der Waals surface area contributed by atoms with E-state index in [1.807, 2.05) is 6.20 Å². The molecule has 6 heteroatoms. The summed E-state index contributed by atoms with van der Waals surface area (Å²) in [5.74, 6) is 0.902. The Morgan fingerprint density at radius 1 is 0.521 bits per heavy atom. The van der Waals surface area contributed by atoms with Crippen molar-refractivity contribution in [3.05, 3.63) is 204 Å². The molecule has 3 aromatic heterocycles. The molecule has 0 unspecified atom stereocenters. The number of phenols is 1. The molecule has 0 spiro atoms. The fraction of sp³-hybridized carbons (Fsp3) is 0.224. The topological polar surface area (TPSA) is 64.1 Å². The summed E-state index contributed by atoms with van der Waals surface area (Å²) in [6.07, 6.45) is 1.95. The standard InChI is InChI=1S/C67H62N3O2.Pt/c1-64(2,3)46-30-32-57(52(36-46)41-21-14-12-15-22-41)70-58-28-20-27-49(60(58)69-63(70)53-37-47(65(4,5)6)38-55(61(53)71)66(7,8)9)43-33-44(35-48(34-43)67(10,11)45-24-16-13-17-25-45)56-39-59-54(40-68-56)51-31-29-42-23-18-19-26-50(42)62(51)72-59;/h12-32,34-40,71H,1-11H3;/q-1;. The van der Waals surface area contributed by atoms with Crippen LogP contribution >= 0.6 is 0 Å². The molecule has 0 aliphatic rings. The third kappa shape index (κ3) is 8.80. The molecule has 5 nitrogen and oxygen atoms in total. The summed E-state index contributed by atoms with van der Waals surface area (Å²) < 4.78 is 8.99. The molecule has 11 rings (SSSR count). The summed E-state index contributed by atoms with van der Waals surface area (Å²) in [5, 5.41) is 16.9. The van der Waals surface area contributed by atoms with Gasteiger partial charge in [0.05, 0.1) is 22.3 Å². The maximum atomic E-state index is 12.7. The Morgan fingerprint density at radius 3 is 1.90 bits per heavy atom. The molecule has 0 amide bonds. The first-order valence-corrected chi connectivity index (χ1v) is 25.2. The fourth-order valence-corrected chi connectivity index (χ4v) is 10.4. The molecule has 11 aromatic rings. The van der Waals surface area contributed by atoms with E-state index in [1.54, 1.807) is 0 Å². The minimum atomic E-state index is -0.400. The van der Waals surface area contributed by atoms with Gasteiger partial charge in [-0.2, -0.15) is 0 Å². The molecule has 0 saturated heterocycles. The number of hydrogen-bond donors (Lipinski definition) is 1. The Balaban J connectivity index is 0.00000611. The van der Waals surface area contributed by atoms with Crippen molar-refractivity contribution in [1.29, 1.82) is 0 Å². The summed E-state index contributed by atoms with van der Waals surface area (Å²) >= 11 is 0. The molecular weight excluding hydrogens is 1070 g/mol. The van der Waals surface area contributed by atoms with Crippen LogP contribution in [-0.4, -0.2) is 19.6 Å². The van der Waals surface area contributed by atoms with Crippen LogP contribution in [0.5, 0.6) is 5.75 Å². The fourth-order valence-electron chi connectivity index (χ4n) is 10.4. The van der Waals surface area contributed by atoms with Crippen LogP contribution in [0, 0.1) is 6.07 Å². The van der Waals surface area contributed by atoms with Gasteiger partial charge < -0.3 is 9.52 Å². The van der Waals surface area contributed by atoms with Gasteiger partial charge in [0, 0.05) is 65.7 Å². The van der Waals surface area contributed by atoms with Crippen molar-refractivity contribution in [2.24, 2.45) is 0 Å². The molecule has 8 aromatic carbocycles. The van der Waals surface area contributed by atoms with Gasteiger partial charge in [-0.3, -0.25) is 9.55 Å². The maximum Gasteiger partial charge on any atom is 0.148 e. The van der Waals surface area contributed by atoms with Crippen LogP contribution in [0.1, 0.15) is 104 Å². The molecular formula is C67H62N3O2Pt-. The monoisotopic (exact) mass is 1140 g/mol. The zero-order valence-electron chi connectivity index (χ0n) is 43.7. The van der Waals surface area contributed by atoms with Crippen LogP contribution in [0.3, 0.4) is 0 Å². The maximum absolute atomic E-state index is 12.7. The average molecular weight is 1140 g/mol. The third-order valence-electron chi connectivity index (χ3n) is 14.8. The number of para-hydroxylation sites is 1. The summed E-state index contributed by atoms with van der Waals surface area (Å²) in [5.41, 5.74) is 15.1. The van der Waals surface area contributed by atoms with E-state index in [1.165, 1.54) is 11.1 Å². The van der Waals surface area contributed by atoms with Gasteiger partial charge in [-0.1, -0.05) is 203 Å². The summed E-state index contributed by atoms with van der Waals surface area (Å²) in [4.78, 5) is 10.9. The quantitative estimate of drug-likeness (QED) is 0.162. The smallest absolute Gasteiger partial charge is 0.148 e. The first-order valence-electron chi connectivity index (χ1n) is 25.2. The number of imidazole rings is 1. The first kappa shape index (κ1) is 49.5. The Morgan fingerprint density at radius 2 is 1.19 bits per heavy atom. The SMILES string of the molecule is CC(C)(C)c1ccc(-n2c(-c3cc(C(C)(C)C)cc(C(C)(C)C)c3O)nc3c(-c4[c-]c(-c5cc6oc7c8ccccc8ccc7c6cn5)cc(C(C)(C)c5ccccc5)c4)cccc32)c(-c2ccccc2)c1.[Pt]. The van der Waals surface area contributed by atoms with E-state index in [-0.39, 0.29) is 43.1 Å². The van der Waals surface area contributed by atoms with Crippen molar-refractivity contribution in [2.45, 2.75) is 97.8 Å². The van der Waals surface area contributed by atoms with E-state index in [4.69, 9.17) is 14.4 Å². The van der Waals surface area contributed by atoms with Crippen molar-refractivity contribution >= 4 is 43.7 Å². The van der Waals surface area contributed by atoms with Crippen LogP contribution in [0.15, 0.2) is 174 Å². The van der Waals surface area contributed by atoms with E-state index in [0.29, 0.717) is 11.4 Å². The number of benzene rings is 8. The van der Waals surface area contributed by atoms with Crippen LogP contribution < -0.4 is 0 Å². The van der Waals surface area contributed by atoms with Crippen LogP contribution in [0.4, 0.5) is 0 Å². The zero-order valence-corrected chi connectivity index (χ0v) is 46.0. The van der Waals surface area contributed by atoms with Gasteiger partial charge in [0.2, 0.25) is 0 Å². The molecule has 0 aliphatic carbocycles. The van der Waals surface area contributed by atoms with E-state index < -0.39 is 5.41 Å². The Bertz CT molecular complexity index is 3900. The van der Waals surface area contributed by atoms with Crippen LogP contribution in [0.2, 0.25) is 0 Å². The molecule has 368 valence electrons. The molecule has 1 N–H and O–H groups in total. The van der Waals surface area contributed by atoms with Crippen LogP contribution in [0.25, 0.3) is 94.3 Å². The number of furan rings is 1. The van der Waals surface area contributed by atoms with E-state index in [2.05, 4.69) is 251 Å². The van der Waals surface area contributed by atoms with Crippen LogP contribution in [-0.2, 0) is 42.7 Å². The molecule has 0 bridgehead atoms. The van der Waals surface area contributed by atoms with Gasteiger partial charge in [-0.25, -0.2) is 4.98 Å². The first-order chi connectivity index (χ1) is 34.3. The predicted octanol–water partition coefficient (Wildman–Crippen LogP) is 17.9. The second-order valence-corrected chi connectivity index (χ2v) is 23.2. The van der Waals surface area contributed by atoms with Gasteiger partial charge in [0.1, 0.15) is 22.7 Å². The Kier molecular flexibility index (Phi) is 12.3. The summed E-state index contributed by atoms with van der Waals surface area (Å²) in [7, 11) is 0. The van der Waals surface area contributed by atoms with Gasteiger partial charge in [-0.15, -0.1) is 29.3 Å². The number of phenolic OH excluding ortho intramolecular Hbond substituents is 1. The molecule has 3 heterocycles. The van der Waals surface area contributed by atoms with Gasteiger partial charge >= 0.3 is 0 Å². The molecule has 73 heavy (non-hydrogen) atoms. The Hall–Kier alpha value is -7.07. The van der Waals surface area contributed by atoms with Crippen molar-refractivity contribution in [3.8, 4) is 56.3 Å². The predicted molar refractivity (Wildman–Crippen MR) is 301 cm³/mol. The number of fused-ring (bicyclic) bond motifs is 6. The van der Waals surface area contributed by atoms with E-state index >= 15 is 0 Å². The number of hydrogen-bond acceptors (Lipinski definition) is 4. The zero-order chi connectivity index (χ0) is 50.5.